The first-order valence-corrected chi connectivity index (χ1v) is 5.88. The summed E-state index contributed by atoms with van der Waals surface area (Å²) in [5, 5.41) is 6.52. The molecule has 14 heavy (non-hydrogen) atoms. The van der Waals surface area contributed by atoms with Crippen LogP contribution in [-0.2, 0) is 16.6 Å². The van der Waals surface area contributed by atoms with Gasteiger partial charge in [0.15, 0.2) is 5.82 Å². The van der Waals surface area contributed by atoms with Gasteiger partial charge in [0.25, 0.3) is 0 Å². The molecule has 0 aromatic carbocycles. The van der Waals surface area contributed by atoms with E-state index in [9.17, 15) is 8.42 Å². The number of aromatic amines is 1. The third-order valence-electron chi connectivity index (χ3n) is 1.85. The van der Waals surface area contributed by atoms with Crippen LogP contribution < -0.4 is 0 Å². The lowest BCUT2D eigenvalue weighted by atomic mass is 10.6. The number of nitrogens with one attached hydrogen (secondary N) is 1. The molecule has 6 nitrogen and oxygen atoms in total. The predicted octanol–water partition coefficient (Wildman–Crippen LogP) is -0.105. The minimum absolute atomic E-state index is 0.0902. The summed E-state index contributed by atoms with van der Waals surface area (Å²) in [5.74, 6) is 1.26. The number of aryl methyl sites for hydroxylation is 1. The van der Waals surface area contributed by atoms with Gasteiger partial charge in [-0.3, -0.25) is 5.10 Å². The van der Waals surface area contributed by atoms with Crippen LogP contribution in [0.4, 0.5) is 0 Å². The van der Waals surface area contributed by atoms with E-state index in [0.717, 1.165) is 0 Å². The first-order valence-electron chi connectivity index (χ1n) is 4.27. The fourth-order valence-corrected chi connectivity index (χ4v) is 1.73. The van der Waals surface area contributed by atoms with Gasteiger partial charge in [-0.15, -0.1) is 0 Å². The van der Waals surface area contributed by atoms with Crippen molar-refractivity contribution in [3.63, 3.8) is 0 Å². The number of aromatic nitrogens is 3. The lowest BCUT2D eigenvalue weighted by Crippen LogP contribution is -2.28. The number of rotatable bonds is 4. The normalized spacial score (nSPS) is 12.3. The molecule has 1 rings (SSSR count). The molecular formula is C7H14N4O2S. The van der Waals surface area contributed by atoms with Gasteiger partial charge >= 0.3 is 0 Å². The van der Waals surface area contributed by atoms with Crippen LogP contribution in [0, 0.1) is 6.92 Å². The van der Waals surface area contributed by atoms with Gasteiger partial charge in [0.2, 0.25) is 10.0 Å². The highest BCUT2D eigenvalue weighted by Crippen LogP contribution is 2.03. The highest BCUT2D eigenvalue weighted by Gasteiger charge is 2.16. The largest absolute Gasteiger partial charge is 0.263 e. The van der Waals surface area contributed by atoms with E-state index >= 15 is 0 Å². The number of hydrogen-bond donors (Lipinski definition) is 1. The molecule has 0 aliphatic rings. The Morgan fingerprint density at radius 1 is 1.50 bits per heavy atom. The maximum absolute atomic E-state index is 11.4. The van der Waals surface area contributed by atoms with Crippen molar-refractivity contribution in [1.29, 1.82) is 0 Å². The average Bonchev–Trinajstić information content (AvgIpc) is 2.51. The van der Waals surface area contributed by atoms with Gasteiger partial charge in [0.1, 0.15) is 5.82 Å². The van der Waals surface area contributed by atoms with E-state index in [-0.39, 0.29) is 12.3 Å². The Morgan fingerprint density at radius 2 is 2.14 bits per heavy atom. The molecule has 0 atom stereocenters. The monoisotopic (exact) mass is 218 g/mol. The molecule has 0 spiro atoms. The van der Waals surface area contributed by atoms with E-state index in [1.54, 1.807) is 13.8 Å². The van der Waals surface area contributed by atoms with Gasteiger partial charge in [-0.1, -0.05) is 0 Å². The quantitative estimate of drug-likeness (QED) is 0.765. The van der Waals surface area contributed by atoms with Crippen LogP contribution in [0.5, 0.6) is 0 Å². The fourth-order valence-electron chi connectivity index (χ4n) is 0.978. The molecular weight excluding hydrogens is 204 g/mol. The Kier molecular flexibility index (Phi) is 3.22. The Hall–Kier alpha value is -0.950. The lowest BCUT2D eigenvalue weighted by Gasteiger charge is -2.13. The molecule has 0 aliphatic heterocycles. The molecule has 0 saturated heterocycles. The van der Waals surface area contributed by atoms with Crippen LogP contribution in [0.1, 0.15) is 18.6 Å². The molecule has 1 aromatic rings. The highest BCUT2D eigenvalue weighted by molar-refractivity contribution is 7.89. The highest BCUT2D eigenvalue weighted by atomic mass is 32.2. The van der Waals surface area contributed by atoms with E-state index in [4.69, 9.17) is 0 Å². The summed E-state index contributed by atoms with van der Waals surface area (Å²) in [6.07, 6.45) is 0. The second-order valence-electron chi connectivity index (χ2n) is 2.99. The summed E-state index contributed by atoms with van der Waals surface area (Å²) in [6.45, 7) is 3.58. The van der Waals surface area contributed by atoms with Gasteiger partial charge in [0.05, 0.1) is 12.3 Å². The van der Waals surface area contributed by atoms with Crippen LogP contribution in [0.3, 0.4) is 0 Å². The zero-order valence-electron chi connectivity index (χ0n) is 8.48. The third kappa shape index (κ3) is 2.52. The molecule has 0 aliphatic carbocycles. The van der Waals surface area contributed by atoms with Gasteiger partial charge < -0.3 is 0 Å². The van der Waals surface area contributed by atoms with E-state index in [0.29, 0.717) is 11.6 Å². The smallest absolute Gasteiger partial charge is 0.213 e. The summed E-state index contributed by atoms with van der Waals surface area (Å²) in [6, 6.07) is 0. The fraction of sp³-hybridized carbons (Fsp3) is 0.714. The van der Waals surface area contributed by atoms with Gasteiger partial charge in [-0.25, -0.2) is 13.4 Å². The molecule has 0 unspecified atom stereocenters. The van der Waals surface area contributed by atoms with Gasteiger partial charge in [-0.2, -0.15) is 9.40 Å². The minimum atomic E-state index is -3.15. The number of sulfonamides is 1. The molecule has 1 aromatic heterocycles. The van der Waals surface area contributed by atoms with Crippen molar-refractivity contribution in [2.24, 2.45) is 0 Å². The molecule has 1 N–H and O–H groups in total. The Morgan fingerprint density at radius 3 is 2.57 bits per heavy atom. The third-order valence-corrected chi connectivity index (χ3v) is 3.66. The first-order chi connectivity index (χ1) is 6.45. The Balaban J connectivity index is 2.71. The first kappa shape index (κ1) is 11.1. The molecule has 80 valence electrons. The molecule has 0 fully saturated rings. The zero-order chi connectivity index (χ0) is 10.8. The van der Waals surface area contributed by atoms with E-state index < -0.39 is 10.0 Å². The second kappa shape index (κ2) is 4.05. The number of H-pyrrole nitrogens is 1. The summed E-state index contributed by atoms with van der Waals surface area (Å²) in [4.78, 5) is 4.03. The lowest BCUT2D eigenvalue weighted by molar-refractivity contribution is 0.458. The SMILES string of the molecule is CCS(=O)(=O)N(C)Cc1n[nH]c(C)n1. The number of hydrogen-bond acceptors (Lipinski definition) is 4. The van der Waals surface area contributed by atoms with Gasteiger partial charge in [0, 0.05) is 7.05 Å². The van der Waals surface area contributed by atoms with Crippen LogP contribution >= 0.6 is 0 Å². The van der Waals surface area contributed by atoms with Crippen molar-refractivity contribution in [2.75, 3.05) is 12.8 Å². The average molecular weight is 218 g/mol. The van der Waals surface area contributed by atoms with Crippen molar-refractivity contribution in [1.82, 2.24) is 19.5 Å². The maximum Gasteiger partial charge on any atom is 0.213 e. The van der Waals surface area contributed by atoms with E-state index in [1.165, 1.54) is 11.4 Å². The summed E-state index contributed by atoms with van der Waals surface area (Å²) < 4.78 is 24.0. The number of nitrogens with zero attached hydrogens (tertiary/aromatic N) is 3. The molecule has 0 bridgehead atoms. The minimum Gasteiger partial charge on any atom is -0.263 e. The van der Waals surface area contributed by atoms with Crippen LogP contribution in [0.2, 0.25) is 0 Å². The zero-order valence-corrected chi connectivity index (χ0v) is 9.30. The second-order valence-corrected chi connectivity index (χ2v) is 5.36. The van der Waals surface area contributed by atoms with Crippen LogP contribution in [-0.4, -0.2) is 40.7 Å². The Bertz CT molecular complexity index is 398. The predicted molar refractivity (Wildman–Crippen MR) is 52.0 cm³/mol. The maximum atomic E-state index is 11.4. The molecule has 1 heterocycles. The van der Waals surface area contributed by atoms with Crippen molar-refractivity contribution in [3.05, 3.63) is 11.6 Å². The summed E-state index contributed by atoms with van der Waals surface area (Å²) in [7, 11) is -1.63. The molecule has 0 saturated carbocycles. The summed E-state index contributed by atoms with van der Waals surface area (Å²) >= 11 is 0. The van der Waals surface area contributed by atoms with E-state index in [2.05, 4.69) is 15.2 Å². The summed E-state index contributed by atoms with van der Waals surface area (Å²) in [5.41, 5.74) is 0. The molecule has 0 radical (unpaired) electrons. The molecule has 0 amide bonds. The van der Waals surface area contributed by atoms with E-state index in [1.807, 2.05) is 0 Å². The Labute approximate surface area is 83.4 Å². The van der Waals surface area contributed by atoms with Crippen LogP contribution in [0.25, 0.3) is 0 Å². The van der Waals surface area contributed by atoms with Crippen LogP contribution in [0.15, 0.2) is 0 Å². The molecule has 7 heteroatoms. The van der Waals surface area contributed by atoms with Crippen molar-refractivity contribution in [3.8, 4) is 0 Å². The van der Waals surface area contributed by atoms with Crippen molar-refractivity contribution in [2.45, 2.75) is 20.4 Å². The van der Waals surface area contributed by atoms with Crippen molar-refractivity contribution < 1.29 is 8.42 Å². The van der Waals surface area contributed by atoms with Crippen molar-refractivity contribution >= 4 is 10.0 Å². The van der Waals surface area contributed by atoms with Gasteiger partial charge in [-0.05, 0) is 13.8 Å². The standard InChI is InChI=1S/C7H14N4O2S/c1-4-14(12,13)11(3)5-7-8-6(2)9-10-7/h4-5H2,1-3H3,(H,8,9,10). The topological polar surface area (TPSA) is 79.0 Å².